The van der Waals surface area contributed by atoms with E-state index in [-0.39, 0.29) is 0 Å². The molecule has 2 N–H and O–H groups in total. The van der Waals surface area contributed by atoms with Crippen LogP contribution in [0, 0.1) is 13.8 Å². The summed E-state index contributed by atoms with van der Waals surface area (Å²) < 4.78 is 0. The predicted octanol–water partition coefficient (Wildman–Crippen LogP) is 5.15. The fourth-order valence-corrected chi connectivity index (χ4v) is 2.69. The highest BCUT2D eigenvalue weighted by atomic mass is 35.5. The Hall–Kier alpha value is -2.59. The molecule has 1 aromatic heterocycles. The van der Waals surface area contributed by atoms with Crippen LogP contribution in [0.3, 0.4) is 0 Å². The molecule has 0 saturated heterocycles. The van der Waals surface area contributed by atoms with Crippen molar-refractivity contribution in [2.45, 2.75) is 20.3 Å². The minimum absolute atomic E-state index is 0.729. The Bertz CT molecular complexity index is 847. The lowest BCUT2D eigenvalue weighted by molar-refractivity contribution is 0.983. The lowest BCUT2D eigenvalue weighted by atomic mass is 10.1. The minimum Gasteiger partial charge on any atom is -0.370 e. The third-order valence-electron chi connectivity index (χ3n) is 3.88. The van der Waals surface area contributed by atoms with Gasteiger partial charge in [0, 0.05) is 23.3 Å². The monoisotopic (exact) mass is 352 g/mol. The summed E-state index contributed by atoms with van der Waals surface area (Å²) in [5.74, 6) is 2.33. The van der Waals surface area contributed by atoms with Gasteiger partial charge in [-0.2, -0.15) is 0 Å². The molecule has 0 amide bonds. The van der Waals surface area contributed by atoms with Crippen LogP contribution in [0.4, 0.5) is 17.3 Å². The van der Waals surface area contributed by atoms with Crippen molar-refractivity contribution in [1.82, 2.24) is 9.97 Å². The Morgan fingerprint density at radius 2 is 1.64 bits per heavy atom. The van der Waals surface area contributed by atoms with Crippen molar-refractivity contribution in [3.05, 3.63) is 76.6 Å². The van der Waals surface area contributed by atoms with Gasteiger partial charge in [-0.05, 0) is 49.6 Å². The number of hydrogen-bond donors (Lipinski definition) is 2. The van der Waals surface area contributed by atoms with Crippen LogP contribution in [0.1, 0.15) is 17.0 Å². The van der Waals surface area contributed by atoms with Gasteiger partial charge in [-0.1, -0.05) is 41.9 Å². The summed E-state index contributed by atoms with van der Waals surface area (Å²) >= 11 is 5.91. The van der Waals surface area contributed by atoms with Crippen molar-refractivity contribution >= 4 is 28.9 Å². The van der Waals surface area contributed by atoms with E-state index in [1.165, 1.54) is 11.1 Å². The van der Waals surface area contributed by atoms with E-state index in [1.807, 2.05) is 55.5 Å². The van der Waals surface area contributed by atoms with Crippen LogP contribution in [0.15, 0.2) is 54.6 Å². The first-order valence-corrected chi connectivity index (χ1v) is 8.64. The number of anilines is 3. The summed E-state index contributed by atoms with van der Waals surface area (Å²) in [6.07, 6.45) is 0.904. The number of aromatic nitrogens is 2. The highest BCUT2D eigenvalue weighted by Gasteiger charge is 2.04. The summed E-state index contributed by atoms with van der Waals surface area (Å²) in [6.45, 7) is 4.76. The van der Waals surface area contributed by atoms with E-state index < -0.39 is 0 Å². The van der Waals surface area contributed by atoms with E-state index >= 15 is 0 Å². The molecule has 0 fully saturated rings. The van der Waals surface area contributed by atoms with Crippen molar-refractivity contribution in [1.29, 1.82) is 0 Å². The molecule has 0 spiro atoms. The second-order valence-electron chi connectivity index (χ2n) is 5.93. The average Bonchev–Trinajstić information content (AvgIpc) is 2.58. The Balaban J connectivity index is 1.65. The molecule has 0 bridgehead atoms. The molecule has 0 aliphatic heterocycles. The van der Waals surface area contributed by atoms with Crippen LogP contribution in [-0.2, 0) is 6.42 Å². The topological polar surface area (TPSA) is 49.8 Å². The molecular formula is C20H21ClN4. The summed E-state index contributed by atoms with van der Waals surface area (Å²) in [5, 5.41) is 7.49. The summed E-state index contributed by atoms with van der Waals surface area (Å²) in [4.78, 5) is 8.93. The fourth-order valence-electron chi connectivity index (χ4n) is 2.56. The van der Waals surface area contributed by atoms with Gasteiger partial charge >= 0.3 is 0 Å². The van der Waals surface area contributed by atoms with Crippen LogP contribution >= 0.6 is 11.6 Å². The molecule has 3 aromatic rings. The zero-order valence-corrected chi connectivity index (χ0v) is 15.1. The zero-order chi connectivity index (χ0) is 17.6. The van der Waals surface area contributed by atoms with Gasteiger partial charge in [0.05, 0.1) is 0 Å². The number of para-hydroxylation sites is 1. The molecule has 5 heteroatoms. The molecule has 0 aliphatic rings. The van der Waals surface area contributed by atoms with Crippen LogP contribution in [0.5, 0.6) is 0 Å². The number of aryl methyl sites for hydroxylation is 2. The van der Waals surface area contributed by atoms with E-state index in [2.05, 4.69) is 33.6 Å². The zero-order valence-electron chi connectivity index (χ0n) is 14.4. The minimum atomic E-state index is 0.729. The summed E-state index contributed by atoms with van der Waals surface area (Å²) in [7, 11) is 0. The molecule has 4 nitrogen and oxygen atoms in total. The van der Waals surface area contributed by atoms with Crippen LogP contribution < -0.4 is 10.6 Å². The Morgan fingerprint density at radius 3 is 2.40 bits per heavy atom. The molecular weight excluding hydrogens is 332 g/mol. The van der Waals surface area contributed by atoms with E-state index in [4.69, 9.17) is 11.6 Å². The van der Waals surface area contributed by atoms with Crippen molar-refractivity contribution in [2.75, 3.05) is 17.2 Å². The molecule has 0 atom stereocenters. The smallest absolute Gasteiger partial charge is 0.136 e. The van der Waals surface area contributed by atoms with Gasteiger partial charge in [0.15, 0.2) is 0 Å². The predicted molar refractivity (Wildman–Crippen MR) is 105 cm³/mol. The molecule has 1 heterocycles. The van der Waals surface area contributed by atoms with Crippen molar-refractivity contribution in [3.63, 3.8) is 0 Å². The number of halogens is 1. The lowest BCUT2D eigenvalue weighted by Crippen LogP contribution is -2.08. The maximum Gasteiger partial charge on any atom is 0.136 e. The number of nitrogens with zero attached hydrogens (tertiary/aromatic N) is 2. The largest absolute Gasteiger partial charge is 0.370 e. The van der Waals surface area contributed by atoms with Gasteiger partial charge in [-0.15, -0.1) is 0 Å². The number of nitrogens with one attached hydrogen (secondary N) is 2. The quantitative estimate of drug-likeness (QED) is 0.644. The second-order valence-corrected chi connectivity index (χ2v) is 6.37. The molecule has 0 saturated carbocycles. The van der Waals surface area contributed by atoms with E-state index in [0.717, 1.165) is 41.1 Å². The number of rotatable bonds is 6. The highest BCUT2D eigenvalue weighted by molar-refractivity contribution is 6.30. The maximum atomic E-state index is 5.91. The normalized spacial score (nSPS) is 10.5. The Labute approximate surface area is 153 Å². The lowest BCUT2D eigenvalue weighted by Gasteiger charge is -2.12. The fraction of sp³-hybridized carbons (Fsp3) is 0.200. The van der Waals surface area contributed by atoms with Gasteiger partial charge in [-0.3, -0.25) is 0 Å². The molecule has 0 radical (unpaired) electrons. The first-order chi connectivity index (χ1) is 12.1. The van der Waals surface area contributed by atoms with E-state index in [0.29, 0.717) is 0 Å². The van der Waals surface area contributed by atoms with Gasteiger partial charge in [0.2, 0.25) is 0 Å². The molecule has 128 valence electrons. The van der Waals surface area contributed by atoms with Crippen molar-refractivity contribution in [2.24, 2.45) is 0 Å². The summed E-state index contributed by atoms with van der Waals surface area (Å²) in [5.41, 5.74) is 3.46. The van der Waals surface area contributed by atoms with Crippen LogP contribution in [0.2, 0.25) is 5.02 Å². The van der Waals surface area contributed by atoms with E-state index in [1.54, 1.807) is 0 Å². The maximum absolute atomic E-state index is 5.91. The average molecular weight is 353 g/mol. The molecule has 0 aliphatic carbocycles. The first-order valence-electron chi connectivity index (χ1n) is 8.27. The van der Waals surface area contributed by atoms with Crippen LogP contribution in [-0.4, -0.2) is 16.5 Å². The van der Waals surface area contributed by atoms with Crippen molar-refractivity contribution < 1.29 is 0 Å². The number of hydrogen-bond acceptors (Lipinski definition) is 4. The molecule has 3 rings (SSSR count). The van der Waals surface area contributed by atoms with Crippen molar-refractivity contribution in [3.8, 4) is 0 Å². The van der Waals surface area contributed by atoms with Crippen LogP contribution in [0.25, 0.3) is 0 Å². The second kappa shape index (κ2) is 7.99. The van der Waals surface area contributed by atoms with Gasteiger partial charge in [-0.25, -0.2) is 9.97 Å². The molecule has 0 unspecified atom stereocenters. The molecule has 2 aromatic carbocycles. The third kappa shape index (κ3) is 4.94. The highest BCUT2D eigenvalue weighted by Crippen LogP contribution is 2.20. The standard InChI is InChI=1S/C20H21ClN4/c1-14-5-3-4-6-18(14)25-20-13-19(23-15(2)24-20)22-12-11-16-7-9-17(21)10-8-16/h3-10,13H,11-12H2,1-2H3,(H2,22,23,24,25). The molecule has 25 heavy (non-hydrogen) atoms. The van der Waals surface area contributed by atoms with Gasteiger partial charge in [0.1, 0.15) is 17.5 Å². The first kappa shape index (κ1) is 17.2. The third-order valence-corrected chi connectivity index (χ3v) is 4.13. The Morgan fingerprint density at radius 1 is 0.920 bits per heavy atom. The summed E-state index contributed by atoms with van der Waals surface area (Å²) in [6, 6.07) is 18.0. The number of benzene rings is 2. The SMILES string of the molecule is Cc1nc(NCCc2ccc(Cl)cc2)cc(Nc2ccccc2C)n1. The Kier molecular flexibility index (Phi) is 5.51. The van der Waals surface area contributed by atoms with E-state index in [9.17, 15) is 0 Å². The van der Waals surface area contributed by atoms with Gasteiger partial charge < -0.3 is 10.6 Å². The van der Waals surface area contributed by atoms with Gasteiger partial charge in [0.25, 0.3) is 0 Å².